The van der Waals surface area contributed by atoms with Crippen LogP contribution in [0.5, 0.6) is 11.6 Å². The van der Waals surface area contributed by atoms with Crippen LogP contribution in [0, 0.1) is 18.2 Å². The van der Waals surface area contributed by atoms with E-state index in [2.05, 4.69) is 17.7 Å². The minimum absolute atomic E-state index is 0.168. The molecule has 0 radical (unpaired) electrons. The molecule has 0 saturated heterocycles. The summed E-state index contributed by atoms with van der Waals surface area (Å²) in [6.07, 6.45) is 5.45. The zero-order valence-electron chi connectivity index (χ0n) is 19.1. The number of aromatic nitrogens is 2. The van der Waals surface area contributed by atoms with E-state index in [9.17, 15) is 9.50 Å². The molecule has 33 heavy (non-hydrogen) atoms. The molecule has 3 aromatic rings. The highest BCUT2D eigenvalue weighted by Gasteiger charge is 2.23. The van der Waals surface area contributed by atoms with Crippen molar-refractivity contribution in [2.24, 2.45) is 7.05 Å². The fraction of sp³-hybridized carbons (Fsp3) is 0.346. The van der Waals surface area contributed by atoms with Crippen LogP contribution in [0.3, 0.4) is 0 Å². The number of aliphatic hydroxyl groups excluding tert-OH is 1. The smallest absolute Gasteiger partial charge is 0.222 e. The largest absolute Gasteiger partial charge is 0.439 e. The molecule has 3 rings (SSSR count). The lowest BCUT2D eigenvalue weighted by Crippen LogP contribution is -2.35. The van der Waals surface area contributed by atoms with E-state index in [1.54, 1.807) is 16.8 Å². The fourth-order valence-electron chi connectivity index (χ4n) is 3.64. The Bertz CT molecular complexity index is 1050. The summed E-state index contributed by atoms with van der Waals surface area (Å²) < 4.78 is 26.5. The van der Waals surface area contributed by atoms with Crippen LogP contribution in [0.15, 0.2) is 54.6 Å². The number of rotatable bonds is 12. The molecule has 0 saturated carbocycles. The molecule has 0 spiro atoms. The standard InChI is InChI=1S/C26H30FN3O3/c1-4-15-30(17-22(31)19-32-16-5-2)18-24-25(20-9-7-6-8-10-20)28-29(3)26(24)33-23-13-11-21(27)12-14-23/h2,6-14,22,31H,4,15-19H2,1,3H3/t22-/m1/s1. The van der Waals surface area contributed by atoms with Crippen LogP contribution in [0.4, 0.5) is 4.39 Å². The van der Waals surface area contributed by atoms with Gasteiger partial charge in [0.15, 0.2) is 0 Å². The van der Waals surface area contributed by atoms with Gasteiger partial charge in [0.05, 0.1) is 18.3 Å². The van der Waals surface area contributed by atoms with Gasteiger partial charge in [-0.1, -0.05) is 43.2 Å². The summed E-state index contributed by atoms with van der Waals surface area (Å²) in [5, 5.41) is 15.2. The van der Waals surface area contributed by atoms with Crippen LogP contribution in [0.2, 0.25) is 0 Å². The number of terminal acetylenes is 1. The van der Waals surface area contributed by atoms with E-state index in [0.717, 1.165) is 29.8 Å². The van der Waals surface area contributed by atoms with Gasteiger partial charge in [-0.2, -0.15) is 5.10 Å². The Balaban J connectivity index is 1.92. The second kappa shape index (κ2) is 12.2. The third kappa shape index (κ3) is 6.90. The number of nitrogens with zero attached hydrogens (tertiary/aromatic N) is 3. The molecule has 6 nitrogen and oxygen atoms in total. The summed E-state index contributed by atoms with van der Waals surface area (Å²) in [5.74, 6) is 3.17. The number of aliphatic hydroxyl groups is 1. The summed E-state index contributed by atoms with van der Waals surface area (Å²) >= 11 is 0. The van der Waals surface area contributed by atoms with Gasteiger partial charge in [-0.25, -0.2) is 9.07 Å². The van der Waals surface area contributed by atoms with Gasteiger partial charge >= 0.3 is 0 Å². The average molecular weight is 452 g/mol. The molecule has 0 aliphatic rings. The van der Waals surface area contributed by atoms with Crippen molar-refractivity contribution >= 4 is 0 Å². The second-order valence-electron chi connectivity index (χ2n) is 7.79. The molecule has 0 aliphatic carbocycles. The molecule has 0 aliphatic heterocycles. The average Bonchev–Trinajstić information content (AvgIpc) is 3.11. The number of benzene rings is 2. The first-order valence-corrected chi connectivity index (χ1v) is 11.0. The molecule has 0 unspecified atom stereocenters. The molecule has 0 bridgehead atoms. The Kier molecular flexibility index (Phi) is 9.02. The highest BCUT2D eigenvalue weighted by Crippen LogP contribution is 2.34. The highest BCUT2D eigenvalue weighted by molar-refractivity contribution is 5.65. The van der Waals surface area contributed by atoms with E-state index in [1.807, 2.05) is 37.4 Å². The lowest BCUT2D eigenvalue weighted by atomic mass is 10.1. The van der Waals surface area contributed by atoms with Crippen LogP contribution in [0.1, 0.15) is 18.9 Å². The molecule has 1 heterocycles. The summed E-state index contributed by atoms with van der Waals surface area (Å²) in [7, 11) is 1.82. The summed E-state index contributed by atoms with van der Waals surface area (Å²) in [6.45, 7) is 4.12. The van der Waals surface area contributed by atoms with E-state index < -0.39 is 6.10 Å². The maximum Gasteiger partial charge on any atom is 0.222 e. The second-order valence-corrected chi connectivity index (χ2v) is 7.79. The monoisotopic (exact) mass is 451 g/mol. The number of ether oxygens (including phenoxy) is 2. The molecule has 1 aromatic heterocycles. The molecule has 1 N–H and O–H groups in total. The van der Waals surface area contributed by atoms with Crippen molar-refractivity contribution in [2.75, 3.05) is 26.3 Å². The van der Waals surface area contributed by atoms with E-state index in [-0.39, 0.29) is 19.0 Å². The van der Waals surface area contributed by atoms with Crippen LogP contribution in [-0.2, 0) is 18.3 Å². The Morgan fingerprint density at radius 1 is 1.18 bits per heavy atom. The van der Waals surface area contributed by atoms with Gasteiger partial charge in [0.25, 0.3) is 0 Å². The van der Waals surface area contributed by atoms with Crippen LogP contribution in [-0.4, -0.2) is 52.2 Å². The lowest BCUT2D eigenvalue weighted by molar-refractivity contribution is 0.0260. The molecule has 7 heteroatoms. The number of halogens is 1. The van der Waals surface area contributed by atoms with E-state index in [4.69, 9.17) is 21.0 Å². The van der Waals surface area contributed by atoms with Crippen LogP contribution >= 0.6 is 0 Å². The minimum Gasteiger partial charge on any atom is -0.439 e. The van der Waals surface area contributed by atoms with Crippen molar-refractivity contribution in [3.8, 4) is 35.2 Å². The minimum atomic E-state index is -0.678. The molecule has 174 valence electrons. The van der Waals surface area contributed by atoms with E-state index >= 15 is 0 Å². The predicted octanol–water partition coefficient (Wildman–Crippen LogP) is 4.24. The van der Waals surface area contributed by atoms with Crippen molar-refractivity contribution in [1.29, 1.82) is 0 Å². The van der Waals surface area contributed by atoms with E-state index in [0.29, 0.717) is 24.7 Å². The molecular weight excluding hydrogens is 421 g/mol. The first kappa shape index (κ1) is 24.5. The zero-order valence-corrected chi connectivity index (χ0v) is 19.1. The van der Waals surface area contributed by atoms with Gasteiger partial charge < -0.3 is 14.6 Å². The van der Waals surface area contributed by atoms with Crippen LogP contribution < -0.4 is 4.74 Å². The van der Waals surface area contributed by atoms with Crippen molar-refractivity contribution in [3.05, 3.63) is 66.0 Å². The molecule has 0 fully saturated rings. The summed E-state index contributed by atoms with van der Waals surface area (Å²) in [5.41, 5.74) is 2.65. The Labute approximate surface area is 194 Å². The maximum atomic E-state index is 13.4. The number of hydrogen-bond acceptors (Lipinski definition) is 5. The number of aryl methyl sites for hydroxylation is 1. The quantitative estimate of drug-likeness (QED) is 0.330. The Hall–Kier alpha value is -3.18. The van der Waals surface area contributed by atoms with Gasteiger partial charge in [0.1, 0.15) is 23.9 Å². The van der Waals surface area contributed by atoms with Crippen LogP contribution in [0.25, 0.3) is 11.3 Å². The SMILES string of the molecule is C#CCOC[C@H](O)CN(CCC)Cc1c(-c2ccccc2)nn(C)c1Oc1ccc(F)cc1. The third-order valence-corrected chi connectivity index (χ3v) is 5.05. The van der Waals surface area contributed by atoms with Crippen molar-refractivity contribution in [2.45, 2.75) is 26.0 Å². The summed E-state index contributed by atoms with van der Waals surface area (Å²) in [6, 6.07) is 15.8. The van der Waals surface area contributed by atoms with Gasteiger partial charge in [-0.3, -0.25) is 4.90 Å². The lowest BCUT2D eigenvalue weighted by Gasteiger charge is -2.25. The highest BCUT2D eigenvalue weighted by atomic mass is 19.1. The topological polar surface area (TPSA) is 59.8 Å². The molecular formula is C26H30FN3O3. The Morgan fingerprint density at radius 2 is 1.91 bits per heavy atom. The third-order valence-electron chi connectivity index (χ3n) is 5.05. The molecule has 0 amide bonds. The normalized spacial score (nSPS) is 12.0. The van der Waals surface area contributed by atoms with Crippen molar-refractivity contribution in [1.82, 2.24) is 14.7 Å². The maximum absolute atomic E-state index is 13.4. The fourth-order valence-corrected chi connectivity index (χ4v) is 3.64. The zero-order chi connectivity index (χ0) is 23.6. The molecule has 2 aromatic carbocycles. The van der Waals surface area contributed by atoms with E-state index in [1.165, 1.54) is 12.1 Å². The van der Waals surface area contributed by atoms with Gasteiger partial charge in [-0.15, -0.1) is 6.42 Å². The van der Waals surface area contributed by atoms with Crippen molar-refractivity contribution in [3.63, 3.8) is 0 Å². The van der Waals surface area contributed by atoms with Gasteiger partial charge in [0, 0.05) is 25.7 Å². The van der Waals surface area contributed by atoms with Gasteiger partial charge in [-0.05, 0) is 37.2 Å². The Morgan fingerprint density at radius 3 is 2.58 bits per heavy atom. The van der Waals surface area contributed by atoms with Gasteiger partial charge in [0.2, 0.25) is 5.88 Å². The predicted molar refractivity (Wildman–Crippen MR) is 126 cm³/mol. The summed E-state index contributed by atoms with van der Waals surface area (Å²) in [4.78, 5) is 2.14. The molecule has 1 atom stereocenters. The number of hydrogen-bond donors (Lipinski definition) is 1. The van der Waals surface area contributed by atoms with Crippen molar-refractivity contribution < 1.29 is 19.0 Å². The first-order valence-electron chi connectivity index (χ1n) is 11.0. The first-order chi connectivity index (χ1) is 16.0.